The number of carbonyl (C=O) groups is 2. The van der Waals surface area contributed by atoms with Crippen LogP contribution in [0, 0.1) is 12.7 Å². The highest BCUT2D eigenvalue weighted by Gasteiger charge is 2.46. The molecule has 4 rings (SSSR count). The minimum absolute atomic E-state index is 0.0340. The number of unbranched alkanes of at least 4 members (excludes halogenated alkanes) is 1. The van der Waals surface area contributed by atoms with Crippen LogP contribution in [-0.4, -0.2) is 33.3 Å². The van der Waals surface area contributed by atoms with Crippen LogP contribution in [0.5, 0.6) is 5.75 Å². The van der Waals surface area contributed by atoms with E-state index in [-0.39, 0.29) is 17.9 Å². The van der Waals surface area contributed by atoms with Gasteiger partial charge in [-0.2, -0.15) is 0 Å². The van der Waals surface area contributed by atoms with Crippen LogP contribution in [0.4, 0.5) is 4.39 Å². The van der Waals surface area contributed by atoms with Crippen molar-refractivity contribution in [3.8, 4) is 5.75 Å². The number of likely N-dealkylation sites (tertiary alicyclic amines) is 1. The molecule has 0 aliphatic carbocycles. The number of aryl methyl sites for hydroxylation is 1. The molecule has 1 N–H and O–H groups in total. The Labute approximate surface area is 203 Å². The molecule has 1 aliphatic heterocycles. The summed E-state index contributed by atoms with van der Waals surface area (Å²) in [6, 6.07) is 13.5. The molecular weight excluding hydrogens is 447 g/mol. The Balaban J connectivity index is 1.78. The zero-order chi connectivity index (χ0) is 24.9. The number of aliphatic hydroxyl groups excluding tert-OH is 1. The maximum absolute atomic E-state index is 13.7. The second-order valence-electron chi connectivity index (χ2n) is 8.52. The van der Waals surface area contributed by atoms with Gasteiger partial charge in [0.25, 0.3) is 11.7 Å². The van der Waals surface area contributed by atoms with Crippen LogP contribution in [0.3, 0.4) is 0 Å². The van der Waals surface area contributed by atoms with Gasteiger partial charge in [-0.1, -0.05) is 31.5 Å². The number of ether oxygens (including phenoxy) is 1. The van der Waals surface area contributed by atoms with E-state index in [9.17, 15) is 19.1 Å². The zero-order valence-electron chi connectivity index (χ0n) is 19.7. The van der Waals surface area contributed by atoms with Crippen molar-refractivity contribution in [1.29, 1.82) is 0 Å². The topological polar surface area (TPSA) is 79.7 Å². The molecule has 0 radical (unpaired) electrons. The predicted octanol–water partition coefficient (Wildman–Crippen LogP) is 5.33. The van der Waals surface area contributed by atoms with Gasteiger partial charge in [0.15, 0.2) is 0 Å². The molecule has 1 atom stereocenters. The molecule has 6 nitrogen and oxygen atoms in total. The number of carbonyl (C=O) groups excluding carboxylic acids is 2. The molecule has 0 bridgehead atoms. The number of halogens is 1. The van der Waals surface area contributed by atoms with E-state index in [1.165, 1.54) is 29.2 Å². The monoisotopic (exact) mass is 474 g/mol. The van der Waals surface area contributed by atoms with E-state index in [1.54, 1.807) is 49.6 Å². The van der Waals surface area contributed by atoms with Crippen LogP contribution in [0.2, 0.25) is 0 Å². The van der Waals surface area contributed by atoms with E-state index in [2.05, 4.69) is 11.9 Å². The van der Waals surface area contributed by atoms with Crippen molar-refractivity contribution in [2.75, 3.05) is 6.61 Å². The van der Waals surface area contributed by atoms with E-state index < -0.39 is 23.5 Å². The SMILES string of the molecule is CCCCOc1ccc(C(O)=C2C(=O)C(=O)N(Cc3cccnc3)[C@@H]2c2ccc(F)cc2)c(C)c1. The van der Waals surface area contributed by atoms with Crippen LogP contribution in [0.25, 0.3) is 5.76 Å². The van der Waals surface area contributed by atoms with Gasteiger partial charge in [-0.15, -0.1) is 0 Å². The first-order valence-electron chi connectivity index (χ1n) is 11.6. The number of benzene rings is 2. The van der Waals surface area contributed by atoms with Gasteiger partial charge in [0.2, 0.25) is 0 Å². The van der Waals surface area contributed by atoms with Crippen molar-refractivity contribution in [2.45, 2.75) is 39.3 Å². The van der Waals surface area contributed by atoms with Gasteiger partial charge in [0.05, 0.1) is 18.2 Å². The molecule has 1 aromatic heterocycles. The Morgan fingerprint density at radius 2 is 1.91 bits per heavy atom. The van der Waals surface area contributed by atoms with Gasteiger partial charge in [-0.25, -0.2) is 4.39 Å². The van der Waals surface area contributed by atoms with Gasteiger partial charge >= 0.3 is 0 Å². The summed E-state index contributed by atoms with van der Waals surface area (Å²) in [7, 11) is 0. The van der Waals surface area contributed by atoms with E-state index in [0.717, 1.165) is 18.4 Å². The highest BCUT2D eigenvalue weighted by Crippen LogP contribution is 2.41. The van der Waals surface area contributed by atoms with Crippen LogP contribution in [0.15, 0.2) is 72.6 Å². The molecule has 0 spiro atoms. The molecule has 1 amide bonds. The van der Waals surface area contributed by atoms with Crippen LogP contribution in [-0.2, 0) is 16.1 Å². The molecule has 180 valence electrons. The maximum atomic E-state index is 13.7. The van der Waals surface area contributed by atoms with Gasteiger partial charge in [-0.3, -0.25) is 14.6 Å². The quantitative estimate of drug-likeness (QED) is 0.207. The lowest BCUT2D eigenvalue weighted by atomic mass is 9.93. The average molecular weight is 475 g/mol. The van der Waals surface area contributed by atoms with Gasteiger partial charge in [0.1, 0.15) is 17.3 Å². The standard InChI is InChI=1S/C28H27FN2O4/c1-3-4-14-35-22-11-12-23(18(2)15-22)26(32)24-25(20-7-9-21(29)10-8-20)31(28(34)27(24)33)17-19-6-5-13-30-16-19/h5-13,15-16,25,32H,3-4,14,17H2,1-2H3/t25-/m1/s1. The van der Waals surface area contributed by atoms with E-state index in [4.69, 9.17) is 4.74 Å². The molecular formula is C28H27FN2O4. The minimum atomic E-state index is -0.879. The fourth-order valence-electron chi connectivity index (χ4n) is 4.19. The summed E-state index contributed by atoms with van der Waals surface area (Å²) in [4.78, 5) is 31.8. The Bertz CT molecular complexity index is 1260. The number of Topliss-reactive ketones (excluding diaryl/α,β-unsaturated/α-hetero) is 1. The fourth-order valence-corrected chi connectivity index (χ4v) is 4.19. The van der Waals surface area contributed by atoms with Crippen molar-refractivity contribution in [1.82, 2.24) is 9.88 Å². The third-order valence-corrected chi connectivity index (χ3v) is 6.02. The van der Waals surface area contributed by atoms with Crippen molar-refractivity contribution in [2.24, 2.45) is 0 Å². The lowest BCUT2D eigenvalue weighted by molar-refractivity contribution is -0.140. The lowest BCUT2D eigenvalue weighted by Crippen LogP contribution is -2.29. The largest absolute Gasteiger partial charge is 0.507 e. The molecule has 1 saturated heterocycles. The summed E-state index contributed by atoms with van der Waals surface area (Å²) in [6.45, 7) is 4.59. The fraction of sp³-hybridized carbons (Fsp3) is 0.250. The molecule has 1 fully saturated rings. The third kappa shape index (κ3) is 5.09. The number of ketones is 1. The number of nitrogens with zero attached hydrogens (tertiary/aromatic N) is 2. The number of hydrogen-bond donors (Lipinski definition) is 1. The van der Waals surface area contributed by atoms with Gasteiger partial charge in [0, 0.05) is 24.5 Å². The second-order valence-corrected chi connectivity index (χ2v) is 8.52. The zero-order valence-corrected chi connectivity index (χ0v) is 19.7. The van der Waals surface area contributed by atoms with E-state index in [0.29, 0.717) is 29.0 Å². The normalized spacial score (nSPS) is 17.1. The predicted molar refractivity (Wildman–Crippen MR) is 130 cm³/mol. The van der Waals surface area contributed by atoms with Crippen molar-refractivity contribution < 1.29 is 23.8 Å². The van der Waals surface area contributed by atoms with Crippen LogP contribution in [0.1, 0.15) is 48.1 Å². The summed E-state index contributed by atoms with van der Waals surface area (Å²) in [5, 5.41) is 11.3. The van der Waals surface area contributed by atoms with Crippen molar-refractivity contribution in [3.05, 3.63) is 101 Å². The Morgan fingerprint density at radius 1 is 1.14 bits per heavy atom. The molecule has 2 aromatic carbocycles. The van der Waals surface area contributed by atoms with Gasteiger partial charge in [-0.05, 0) is 66.4 Å². The minimum Gasteiger partial charge on any atom is -0.507 e. The number of pyridine rings is 1. The average Bonchev–Trinajstić information content (AvgIpc) is 3.10. The summed E-state index contributed by atoms with van der Waals surface area (Å²) in [5.41, 5.74) is 2.35. The number of hydrogen-bond acceptors (Lipinski definition) is 5. The maximum Gasteiger partial charge on any atom is 0.295 e. The Kier molecular flexibility index (Phi) is 7.25. The first-order valence-corrected chi connectivity index (χ1v) is 11.6. The van der Waals surface area contributed by atoms with E-state index >= 15 is 0 Å². The summed E-state index contributed by atoms with van der Waals surface area (Å²) in [6.07, 6.45) is 5.18. The highest BCUT2D eigenvalue weighted by atomic mass is 19.1. The number of rotatable bonds is 8. The number of aromatic nitrogens is 1. The molecule has 1 aliphatic rings. The van der Waals surface area contributed by atoms with Crippen molar-refractivity contribution in [3.63, 3.8) is 0 Å². The van der Waals surface area contributed by atoms with Crippen molar-refractivity contribution >= 4 is 17.4 Å². The molecule has 2 heterocycles. The molecule has 7 heteroatoms. The molecule has 3 aromatic rings. The van der Waals surface area contributed by atoms with Gasteiger partial charge < -0.3 is 14.7 Å². The third-order valence-electron chi connectivity index (χ3n) is 6.02. The number of amides is 1. The first-order chi connectivity index (χ1) is 16.9. The molecule has 35 heavy (non-hydrogen) atoms. The Morgan fingerprint density at radius 3 is 2.57 bits per heavy atom. The van der Waals surface area contributed by atoms with Crippen LogP contribution < -0.4 is 4.74 Å². The Hall–Kier alpha value is -4.00. The van der Waals surface area contributed by atoms with Crippen LogP contribution >= 0.6 is 0 Å². The summed E-state index contributed by atoms with van der Waals surface area (Å²) in [5.74, 6) is -1.57. The summed E-state index contributed by atoms with van der Waals surface area (Å²) >= 11 is 0. The number of aliphatic hydroxyl groups is 1. The molecule has 0 saturated carbocycles. The lowest BCUT2D eigenvalue weighted by Gasteiger charge is -2.25. The van der Waals surface area contributed by atoms with E-state index in [1.807, 2.05) is 0 Å². The first kappa shape index (κ1) is 24.1. The highest BCUT2D eigenvalue weighted by molar-refractivity contribution is 6.46. The molecule has 0 unspecified atom stereocenters. The second kappa shape index (κ2) is 10.5. The smallest absolute Gasteiger partial charge is 0.295 e. The summed E-state index contributed by atoms with van der Waals surface area (Å²) < 4.78 is 19.4.